The number of rotatable bonds is 7. The van der Waals surface area contributed by atoms with Crippen LogP contribution in [-0.2, 0) is 11.3 Å². The van der Waals surface area contributed by atoms with Crippen LogP contribution in [0.2, 0.25) is 0 Å². The summed E-state index contributed by atoms with van der Waals surface area (Å²) in [7, 11) is 0. The van der Waals surface area contributed by atoms with Crippen LogP contribution in [0.1, 0.15) is 37.0 Å². The van der Waals surface area contributed by atoms with Crippen molar-refractivity contribution in [1.29, 1.82) is 0 Å². The van der Waals surface area contributed by atoms with Crippen molar-refractivity contribution in [3.05, 3.63) is 69.3 Å². The number of carbonyl (C=O) groups excluding carboxylic acids is 2. The number of esters is 1. The number of carbonyl (C=O) groups is 2. The molecule has 0 aliphatic carbocycles. The van der Waals surface area contributed by atoms with Gasteiger partial charge in [0.15, 0.2) is 6.61 Å². The Bertz CT molecular complexity index is 962. The molecule has 0 radical (unpaired) electrons. The minimum Gasteiger partial charge on any atom is -0.454 e. The van der Waals surface area contributed by atoms with Gasteiger partial charge in [-0.1, -0.05) is 6.07 Å². The van der Waals surface area contributed by atoms with E-state index in [0.717, 1.165) is 17.9 Å². The summed E-state index contributed by atoms with van der Waals surface area (Å²) in [4.78, 5) is 30.3. The van der Waals surface area contributed by atoms with E-state index >= 15 is 0 Å². The van der Waals surface area contributed by atoms with Crippen molar-refractivity contribution in [2.75, 3.05) is 12.9 Å². The number of aryl methyl sites for hydroxylation is 1. The third kappa shape index (κ3) is 4.31. The van der Waals surface area contributed by atoms with E-state index in [-0.39, 0.29) is 12.4 Å². The topological polar surface area (TPSA) is 61.2 Å². The molecule has 0 fully saturated rings. The number of ketones is 1. The standard InChI is InChI=1S/C20H20N2O3S2/c1-13-10-17(14(2)22(13)11-15-6-5-9-27-15)18(23)12-25-20(24)16-7-4-8-21-19(16)26-3/h4-10H,11-12H2,1-3H3. The summed E-state index contributed by atoms with van der Waals surface area (Å²) in [6.07, 6.45) is 3.46. The van der Waals surface area contributed by atoms with E-state index in [1.807, 2.05) is 37.6 Å². The van der Waals surface area contributed by atoms with Crippen molar-refractivity contribution in [3.63, 3.8) is 0 Å². The average molecular weight is 401 g/mol. The number of thioether (sulfide) groups is 1. The molecule has 0 N–H and O–H groups in total. The number of nitrogens with zero attached hydrogens (tertiary/aromatic N) is 2. The third-order valence-electron chi connectivity index (χ3n) is 4.29. The van der Waals surface area contributed by atoms with Gasteiger partial charge in [0.25, 0.3) is 0 Å². The van der Waals surface area contributed by atoms with Gasteiger partial charge >= 0.3 is 5.97 Å². The maximum Gasteiger partial charge on any atom is 0.341 e. The zero-order valence-electron chi connectivity index (χ0n) is 15.4. The highest BCUT2D eigenvalue weighted by Crippen LogP contribution is 2.21. The van der Waals surface area contributed by atoms with E-state index in [1.165, 1.54) is 16.6 Å². The lowest BCUT2D eigenvalue weighted by atomic mass is 10.1. The van der Waals surface area contributed by atoms with Crippen molar-refractivity contribution >= 4 is 34.9 Å². The van der Waals surface area contributed by atoms with E-state index in [2.05, 4.69) is 15.6 Å². The first kappa shape index (κ1) is 19.4. The second kappa shape index (κ2) is 8.54. The number of hydrogen-bond donors (Lipinski definition) is 0. The van der Waals surface area contributed by atoms with Crippen LogP contribution in [-0.4, -0.2) is 34.2 Å². The summed E-state index contributed by atoms with van der Waals surface area (Å²) in [5, 5.41) is 2.63. The quantitative estimate of drug-likeness (QED) is 0.335. The van der Waals surface area contributed by atoms with Crippen molar-refractivity contribution < 1.29 is 14.3 Å². The van der Waals surface area contributed by atoms with Gasteiger partial charge in [0.1, 0.15) is 5.03 Å². The fraction of sp³-hybridized carbons (Fsp3) is 0.250. The molecule has 140 valence electrons. The Kier molecular flexibility index (Phi) is 6.13. The zero-order valence-corrected chi connectivity index (χ0v) is 17.0. The van der Waals surface area contributed by atoms with Gasteiger partial charge in [0.2, 0.25) is 5.78 Å². The van der Waals surface area contributed by atoms with E-state index < -0.39 is 5.97 Å². The first-order valence-corrected chi connectivity index (χ1v) is 10.5. The van der Waals surface area contributed by atoms with Crippen LogP contribution < -0.4 is 0 Å². The first-order chi connectivity index (χ1) is 13.0. The number of aromatic nitrogens is 2. The zero-order chi connectivity index (χ0) is 19.4. The fourth-order valence-electron chi connectivity index (χ4n) is 2.88. The Morgan fingerprint density at radius 3 is 2.74 bits per heavy atom. The molecule has 0 aliphatic heterocycles. The van der Waals surface area contributed by atoms with Gasteiger partial charge in [-0.15, -0.1) is 23.1 Å². The van der Waals surface area contributed by atoms with Crippen molar-refractivity contribution in [3.8, 4) is 0 Å². The molecule has 0 saturated heterocycles. The van der Waals surface area contributed by atoms with Crippen LogP contribution in [0.15, 0.2) is 46.9 Å². The van der Waals surface area contributed by atoms with Crippen molar-refractivity contribution in [1.82, 2.24) is 9.55 Å². The summed E-state index contributed by atoms with van der Waals surface area (Å²) in [5.41, 5.74) is 2.86. The molecule has 7 heteroatoms. The molecule has 3 aromatic heterocycles. The van der Waals surface area contributed by atoms with Crippen molar-refractivity contribution in [2.24, 2.45) is 0 Å². The van der Waals surface area contributed by atoms with Gasteiger partial charge in [-0.25, -0.2) is 9.78 Å². The van der Waals surface area contributed by atoms with Gasteiger partial charge in [-0.05, 0) is 49.7 Å². The molecule has 0 saturated carbocycles. The number of ether oxygens (including phenoxy) is 1. The molecular weight excluding hydrogens is 380 g/mol. The molecule has 27 heavy (non-hydrogen) atoms. The van der Waals surface area contributed by atoms with Crippen LogP contribution in [0.25, 0.3) is 0 Å². The summed E-state index contributed by atoms with van der Waals surface area (Å²) >= 11 is 3.05. The molecule has 0 unspecified atom stereocenters. The predicted octanol–water partition coefficient (Wildman–Crippen LogP) is 4.37. The molecule has 0 spiro atoms. The summed E-state index contributed by atoms with van der Waals surface area (Å²) in [6, 6.07) is 9.27. The monoisotopic (exact) mass is 400 g/mol. The second-order valence-electron chi connectivity index (χ2n) is 6.01. The van der Waals surface area contributed by atoms with Crippen LogP contribution in [0.5, 0.6) is 0 Å². The molecule has 3 rings (SSSR count). The van der Waals surface area contributed by atoms with Crippen LogP contribution in [0.4, 0.5) is 0 Å². The lowest BCUT2D eigenvalue weighted by Crippen LogP contribution is -2.16. The minimum atomic E-state index is -0.534. The Labute approximate surface area is 166 Å². The van der Waals surface area contributed by atoms with Crippen LogP contribution >= 0.6 is 23.1 Å². The first-order valence-electron chi connectivity index (χ1n) is 8.39. The van der Waals surface area contributed by atoms with E-state index in [4.69, 9.17) is 4.74 Å². The number of pyridine rings is 1. The highest BCUT2D eigenvalue weighted by atomic mass is 32.2. The number of hydrogen-bond acceptors (Lipinski definition) is 6. The molecular formula is C20H20N2O3S2. The molecule has 0 aromatic carbocycles. The van der Waals surface area contributed by atoms with Gasteiger partial charge in [-0.2, -0.15) is 0 Å². The van der Waals surface area contributed by atoms with E-state index in [1.54, 1.807) is 29.7 Å². The molecule has 0 atom stereocenters. The summed E-state index contributed by atoms with van der Waals surface area (Å²) in [6.45, 7) is 4.34. The lowest BCUT2D eigenvalue weighted by Gasteiger charge is -2.09. The second-order valence-corrected chi connectivity index (χ2v) is 7.84. The smallest absolute Gasteiger partial charge is 0.341 e. The highest BCUT2D eigenvalue weighted by Gasteiger charge is 2.19. The SMILES string of the molecule is CSc1ncccc1C(=O)OCC(=O)c1cc(C)n(Cc2cccs2)c1C. The van der Waals surface area contributed by atoms with Gasteiger partial charge < -0.3 is 9.30 Å². The maximum absolute atomic E-state index is 12.6. The number of thiophene rings is 1. The highest BCUT2D eigenvalue weighted by molar-refractivity contribution is 7.98. The normalized spacial score (nSPS) is 10.8. The largest absolute Gasteiger partial charge is 0.454 e. The van der Waals surface area contributed by atoms with E-state index in [0.29, 0.717) is 16.2 Å². The Hall–Kier alpha value is -2.38. The number of Topliss-reactive ketones (excluding diaryl/α,β-unsaturated/α-hetero) is 1. The van der Waals surface area contributed by atoms with Crippen LogP contribution in [0, 0.1) is 13.8 Å². The van der Waals surface area contributed by atoms with Crippen molar-refractivity contribution in [2.45, 2.75) is 25.4 Å². The summed E-state index contributed by atoms with van der Waals surface area (Å²) in [5.74, 6) is -0.739. The molecule has 3 heterocycles. The molecule has 0 aliphatic rings. The molecule has 5 nitrogen and oxygen atoms in total. The summed E-state index contributed by atoms with van der Waals surface area (Å²) < 4.78 is 7.35. The van der Waals surface area contributed by atoms with Gasteiger partial charge in [0.05, 0.1) is 12.1 Å². The lowest BCUT2D eigenvalue weighted by molar-refractivity contribution is 0.0470. The molecule has 0 amide bonds. The van der Waals surface area contributed by atoms with Gasteiger partial charge in [0, 0.05) is 28.0 Å². The fourth-order valence-corrected chi connectivity index (χ4v) is 4.11. The average Bonchev–Trinajstić information content (AvgIpc) is 3.29. The maximum atomic E-state index is 12.6. The Morgan fingerprint density at radius 1 is 1.22 bits per heavy atom. The van der Waals surface area contributed by atoms with Crippen LogP contribution in [0.3, 0.4) is 0 Å². The van der Waals surface area contributed by atoms with Gasteiger partial charge in [-0.3, -0.25) is 4.79 Å². The minimum absolute atomic E-state index is 0.205. The van der Waals surface area contributed by atoms with E-state index in [9.17, 15) is 9.59 Å². The Balaban J connectivity index is 1.70. The molecule has 0 bridgehead atoms. The third-order valence-corrected chi connectivity index (χ3v) is 5.86. The molecule has 3 aromatic rings. The predicted molar refractivity (Wildman–Crippen MR) is 108 cm³/mol. The Morgan fingerprint density at radius 2 is 2.04 bits per heavy atom.